The van der Waals surface area contributed by atoms with Crippen molar-refractivity contribution >= 4 is 5.91 Å². The van der Waals surface area contributed by atoms with E-state index in [1.165, 1.54) is 11.0 Å². The van der Waals surface area contributed by atoms with E-state index in [0.29, 0.717) is 25.3 Å². The summed E-state index contributed by atoms with van der Waals surface area (Å²) in [6.07, 6.45) is 2.89. The maximum Gasteiger partial charge on any atom is 0.254 e. The SMILES string of the molecule is O=C(c1ccc(-n2cnnn2)cc1)N1CCO[C@@H](c2ccco2)C1. The van der Waals surface area contributed by atoms with Crippen molar-refractivity contribution in [1.29, 1.82) is 0 Å². The van der Waals surface area contributed by atoms with E-state index < -0.39 is 0 Å². The molecule has 0 N–H and O–H groups in total. The molecule has 8 nitrogen and oxygen atoms in total. The molecule has 1 fully saturated rings. The van der Waals surface area contributed by atoms with Crippen LogP contribution in [0.1, 0.15) is 22.2 Å². The van der Waals surface area contributed by atoms with Crippen LogP contribution in [0.3, 0.4) is 0 Å². The Morgan fingerprint density at radius 1 is 1.21 bits per heavy atom. The van der Waals surface area contributed by atoms with Crippen LogP contribution >= 0.6 is 0 Å². The number of hydrogen-bond acceptors (Lipinski definition) is 6. The number of benzene rings is 1. The molecule has 122 valence electrons. The predicted molar refractivity (Wildman–Crippen MR) is 82.5 cm³/mol. The minimum Gasteiger partial charge on any atom is -0.467 e. The molecule has 1 atom stereocenters. The first-order chi connectivity index (χ1) is 11.8. The zero-order valence-electron chi connectivity index (χ0n) is 12.8. The van der Waals surface area contributed by atoms with Crippen LogP contribution in [0.2, 0.25) is 0 Å². The third-order valence-corrected chi connectivity index (χ3v) is 3.94. The molecule has 3 aromatic rings. The van der Waals surface area contributed by atoms with Gasteiger partial charge in [0, 0.05) is 12.1 Å². The summed E-state index contributed by atoms with van der Waals surface area (Å²) in [5.74, 6) is 0.708. The van der Waals surface area contributed by atoms with Gasteiger partial charge in [-0.2, -0.15) is 0 Å². The van der Waals surface area contributed by atoms with Crippen molar-refractivity contribution in [2.24, 2.45) is 0 Å². The number of rotatable bonds is 3. The van der Waals surface area contributed by atoms with Gasteiger partial charge in [-0.15, -0.1) is 5.10 Å². The Morgan fingerprint density at radius 2 is 2.08 bits per heavy atom. The first-order valence-corrected chi connectivity index (χ1v) is 7.59. The lowest BCUT2D eigenvalue weighted by molar-refractivity contribution is -0.0321. The van der Waals surface area contributed by atoms with Gasteiger partial charge in [0.1, 0.15) is 18.2 Å². The fourth-order valence-corrected chi connectivity index (χ4v) is 2.70. The van der Waals surface area contributed by atoms with Gasteiger partial charge in [0.05, 0.1) is 25.1 Å². The molecule has 24 heavy (non-hydrogen) atoms. The summed E-state index contributed by atoms with van der Waals surface area (Å²) in [5, 5.41) is 11.0. The smallest absolute Gasteiger partial charge is 0.254 e. The summed E-state index contributed by atoms with van der Waals surface area (Å²) >= 11 is 0. The quantitative estimate of drug-likeness (QED) is 0.725. The summed E-state index contributed by atoms with van der Waals surface area (Å²) in [4.78, 5) is 14.5. The Labute approximate surface area is 137 Å². The number of morpholine rings is 1. The summed E-state index contributed by atoms with van der Waals surface area (Å²) in [6.45, 7) is 1.52. The number of aromatic nitrogens is 4. The summed E-state index contributed by atoms with van der Waals surface area (Å²) < 4.78 is 12.6. The molecule has 1 aliphatic heterocycles. The van der Waals surface area contributed by atoms with Crippen LogP contribution in [0.25, 0.3) is 5.69 Å². The van der Waals surface area contributed by atoms with Gasteiger partial charge in [-0.3, -0.25) is 4.79 Å². The lowest BCUT2D eigenvalue weighted by Gasteiger charge is -2.32. The third-order valence-electron chi connectivity index (χ3n) is 3.94. The molecule has 0 spiro atoms. The third kappa shape index (κ3) is 2.79. The van der Waals surface area contributed by atoms with Crippen LogP contribution in [-0.2, 0) is 4.74 Å². The van der Waals surface area contributed by atoms with Gasteiger partial charge in [-0.05, 0) is 46.8 Å². The number of amides is 1. The molecule has 4 rings (SSSR count). The number of furan rings is 1. The number of hydrogen-bond donors (Lipinski definition) is 0. The number of ether oxygens (including phenoxy) is 1. The minimum absolute atomic E-state index is 0.0295. The molecule has 0 saturated carbocycles. The van der Waals surface area contributed by atoms with E-state index in [2.05, 4.69) is 15.5 Å². The van der Waals surface area contributed by atoms with Gasteiger partial charge >= 0.3 is 0 Å². The van der Waals surface area contributed by atoms with Crippen molar-refractivity contribution in [3.8, 4) is 5.69 Å². The van der Waals surface area contributed by atoms with E-state index in [-0.39, 0.29) is 12.0 Å². The minimum atomic E-state index is -0.224. The number of carbonyl (C=O) groups excluding carboxylic acids is 1. The molecule has 0 bridgehead atoms. The van der Waals surface area contributed by atoms with Crippen LogP contribution in [0.5, 0.6) is 0 Å². The average molecular weight is 325 g/mol. The highest BCUT2D eigenvalue weighted by Gasteiger charge is 2.27. The van der Waals surface area contributed by atoms with Gasteiger partial charge in [0.15, 0.2) is 0 Å². The first-order valence-electron chi connectivity index (χ1n) is 7.59. The Morgan fingerprint density at radius 3 is 2.79 bits per heavy atom. The fraction of sp³-hybridized carbons (Fsp3) is 0.250. The summed E-state index contributed by atoms with van der Waals surface area (Å²) in [7, 11) is 0. The molecule has 0 unspecified atom stereocenters. The van der Waals surface area contributed by atoms with Crippen molar-refractivity contribution in [2.45, 2.75) is 6.10 Å². The predicted octanol–water partition coefficient (Wildman–Crippen LogP) is 1.47. The van der Waals surface area contributed by atoms with Crippen LogP contribution in [-0.4, -0.2) is 50.7 Å². The normalized spacial score (nSPS) is 17.8. The van der Waals surface area contributed by atoms with Gasteiger partial charge in [-0.1, -0.05) is 0 Å². The second kappa shape index (κ2) is 6.25. The Kier molecular flexibility index (Phi) is 3.80. The molecule has 1 aliphatic rings. The second-order valence-corrected chi connectivity index (χ2v) is 5.43. The largest absolute Gasteiger partial charge is 0.467 e. The Hall–Kier alpha value is -3.00. The maximum absolute atomic E-state index is 12.7. The summed E-state index contributed by atoms with van der Waals surface area (Å²) in [5.41, 5.74) is 1.42. The monoisotopic (exact) mass is 325 g/mol. The molecule has 0 radical (unpaired) electrons. The van der Waals surface area contributed by atoms with E-state index in [0.717, 1.165) is 11.4 Å². The Bertz CT molecular complexity index is 799. The van der Waals surface area contributed by atoms with E-state index >= 15 is 0 Å². The molecular weight excluding hydrogens is 310 g/mol. The molecular formula is C16H15N5O3. The van der Waals surface area contributed by atoms with E-state index in [1.54, 1.807) is 23.3 Å². The van der Waals surface area contributed by atoms with Crippen LogP contribution < -0.4 is 0 Å². The zero-order valence-corrected chi connectivity index (χ0v) is 12.8. The van der Waals surface area contributed by atoms with Crippen molar-refractivity contribution in [2.75, 3.05) is 19.7 Å². The standard InChI is InChI=1S/C16H15N5O3/c22-16(12-3-5-13(6-4-12)21-11-17-18-19-21)20-7-9-24-15(10-20)14-2-1-8-23-14/h1-6,8,11,15H,7,9-10H2/t15-/m1/s1. The van der Waals surface area contributed by atoms with Crippen molar-refractivity contribution < 1.29 is 13.9 Å². The second-order valence-electron chi connectivity index (χ2n) is 5.43. The highest BCUT2D eigenvalue weighted by molar-refractivity contribution is 5.94. The van der Waals surface area contributed by atoms with Crippen molar-refractivity contribution in [1.82, 2.24) is 25.1 Å². The lowest BCUT2D eigenvalue weighted by atomic mass is 10.1. The van der Waals surface area contributed by atoms with E-state index in [9.17, 15) is 4.79 Å². The average Bonchev–Trinajstić information content (AvgIpc) is 3.35. The van der Waals surface area contributed by atoms with Crippen molar-refractivity contribution in [3.05, 3.63) is 60.3 Å². The fourth-order valence-electron chi connectivity index (χ4n) is 2.70. The lowest BCUT2D eigenvalue weighted by Crippen LogP contribution is -2.42. The van der Waals surface area contributed by atoms with Gasteiger partial charge in [0.2, 0.25) is 0 Å². The van der Waals surface area contributed by atoms with Gasteiger partial charge in [0.25, 0.3) is 5.91 Å². The summed E-state index contributed by atoms with van der Waals surface area (Å²) in [6, 6.07) is 10.9. The first kappa shape index (κ1) is 14.6. The van der Waals surface area contributed by atoms with Crippen molar-refractivity contribution in [3.63, 3.8) is 0 Å². The number of tetrazole rings is 1. The zero-order chi connectivity index (χ0) is 16.4. The number of carbonyl (C=O) groups is 1. The molecule has 3 heterocycles. The van der Waals surface area contributed by atoms with Crippen LogP contribution in [0, 0.1) is 0 Å². The highest BCUT2D eigenvalue weighted by Crippen LogP contribution is 2.23. The molecule has 1 amide bonds. The maximum atomic E-state index is 12.7. The van der Waals surface area contributed by atoms with E-state index in [1.807, 2.05) is 24.3 Å². The Balaban J connectivity index is 1.49. The van der Waals surface area contributed by atoms with Gasteiger partial charge < -0.3 is 14.1 Å². The van der Waals surface area contributed by atoms with Crippen LogP contribution in [0.4, 0.5) is 0 Å². The van der Waals surface area contributed by atoms with E-state index in [4.69, 9.17) is 9.15 Å². The topological polar surface area (TPSA) is 86.3 Å². The van der Waals surface area contributed by atoms with Gasteiger partial charge in [-0.25, -0.2) is 4.68 Å². The molecule has 1 aromatic carbocycles. The molecule has 1 saturated heterocycles. The molecule has 8 heteroatoms. The number of nitrogens with zero attached hydrogens (tertiary/aromatic N) is 5. The van der Waals surface area contributed by atoms with Crippen LogP contribution in [0.15, 0.2) is 53.4 Å². The molecule has 2 aromatic heterocycles. The molecule has 0 aliphatic carbocycles. The highest BCUT2D eigenvalue weighted by atomic mass is 16.5.